The van der Waals surface area contributed by atoms with Crippen LogP contribution in [0.1, 0.15) is 30.0 Å². The summed E-state index contributed by atoms with van der Waals surface area (Å²) in [6.45, 7) is 4.09. The smallest absolute Gasteiger partial charge is 0.107 e. The zero-order valence-electron chi connectivity index (χ0n) is 9.58. The van der Waals surface area contributed by atoms with Crippen molar-refractivity contribution in [3.63, 3.8) is 0 Å². The maximum atomic E-state index is 4.41. The molecule has 1 aromatic heterocycles. The van der Waals surface area contributed by atoms with Gasteiger partial charge in [-0.3, -0.25) is 0 Å². The van der Waals surface area contributed by atoms with Crippen LogP contribution in [0.25, 0.3) is 0 Å². The Morgan fingerprint density at radius 3 is 2.93 bits per heavy atom. The molecule has 0 saturated heterocycles. The highest BCUT2D eigenvalue weighted by Gasteiger charge is 1.97. The van der Waals surface area contributed by atoms with Crippen LogP contribution in [-0.4, -0.2) is 23.5 Å². The topological polar surface area (TPSA) is 24.9 Å². The average Bonchev–Trinajstić information content (AvgIpc) is 2.63. The lowest BCUT2D eigenvalue weighted by Gasteiger charge is -2.01. The van der Waals surface area contributed by atoms with Gasteiger partial charge in [0.05, 0.1) is 0 Å². The van der Waals surface area contributed by atoms with Crippen molar-refractivity contribution in [1.82, 2.24) is 10.3 Å². The summed E-state index contributed by atoms with van der Waals surface area (Å²) in [4.78, 5) is 4.41. The Hall–Kier alpha value is -0.0600. The van der Waals surface area contributed by atoms with E-state index in [2.05, 4.69) is 21.9 Å². The molecule has 0 atom stereocenters. The Bertz CT molecular complexity index is 261. The second-order valence-corrected chi connectivity index (χ2v) is 5.54. The third-order valence-electron chi connectivity index (χ3n) is 2.14. The van der Waals surface area contributed by atoms with Crippen molar-refractivity contribution >= 4 is 23.1 Å². The summed E-state index contributed by atoms with van der Waals surface area (Å²) in [5, 5.41) is 6.74. The number of aryl methyl sites for hydroxylation is 1. The van der Waals surface area contributed by atoms with Crippen molar-refractivity contribution in [3.8, 4) is 0 Å². The summed E-state index contributed by atoms with van der Waals surface area (Å²) in [5.74, 6) is 1.30. The molecule has 0 aromatic carbocycles. The summed E-state index contributed by atoms with van der Waals surface area (Å²) in [7, 11) is 0. The molecule has 0 saturated carbocycles. The maximum absolute atomic E-state index is 4.41. The highest BCUT2D eigenvalue weighted by Crippen LogP contribution is 2.08. The summed E-state index contributed by atoms with van der Waals surface area (Å²) in [6, 6.07) is 0. The second kappa shape index (κ2) is 8.13. The number of rotatable bonds is 8. The van der Waals surface area contributed by atoms with Gasteiger partial charge in [0.25, 0.3) is 0 Å². The van der Waals surface area contributed by atoms with E-state index in [9.17, 15) is 0 Å². The maximum Gasteiger partial charge on any atom is 0.107 e. The van der Waals surface area contributed by atoms with Gasteiger partial charge >= 0.3 is 0 Å². The molecule has 0 bridgehead atoms. The number of aromatic nitrogens is 1. The lowest BCUT2D eigenvalue weighted by atomic mass is 10.2. The molecule has 0 aliphatic rings. The van der Waals surface area contributed by atoms with E-state index in [-0.39, 0.29) is 0 Å². The van der Waals surface area contributed by atoms with E-state index in [4.69, 9.17) is 0 Å². The van der Waals surface area contributed by atoms with Gasteiger partial charge in [-0.25, -0.2) is 4.98 Å². The minimum absolute atomic E-state index is 0.932. The van der Waals surface area contributed by atoms with E-state index in [0.717, 1.165) is 18.8 Å². The van der Waals surface area contributed by atoms with Gasteiger partial charge in [-0.2, -0.15) is 11.8 Å². The molecule has 0 amide bonds. The number of hydrogen-bond donors (Lipinski definition) is 1. The first kappa shape index (κ1) is 13.0. The Kier molecular flexibility index (Phi) is 7.05. The number of thiazole rings is 1. The van der Waals surface area contributed by atoms with E-state index >= 15 is 0 Å². The predicted molar refractivity (Wildman–Crippen MR) is 70.8 cm³/mol. The lowest BCUT2D eigenvalue weighted by Crippen LogP contribution is -2.14. The van der Waals surface area contributed by atoms with Crippen LogP contribution in [-0.2, 0) is 6.54 Å². The van der Waals surface area contributed by atoms with Crippen molar-refractivity contribution in [2.45, 2.75) is 32.7 Å². The van der Waals surface area contributed by atoms with Crippen LogP contribution in [0, 0.1) is 6.92 Å². The van der Waals surface area contributed by atoms with Gasteiger partial charge < -0.3 is 5.32 Å². The second-order valence-electron chi connectivity index (χ2n) is 3.61. The van der Waals surface area contributed by atoms with Gasteiger partial charge in [-0.15, -0.1) is 11.3 Å². The molecular weight excluding hydrogens is 224 g/mol. The van der Waals surface area contributed by atoms with E-state index < -0.39 is 0 Å². The normalized spacial score (nSPS) is 10.8. The lowest BCUT2D eigenvalue weighted by molar-refractivity contribution is 0.617. The van der Waals surface area contributed by atoms with Gasteiger partial charge in [0.15, 0.2) is 0 Å². The first-order valence-electron chi connectivity index (χ1n) is 5.43. The molecule has 4 heteroatoms. The highest BCUT2D eigenvalue weighted by atomic mass is 32.2. The molecule has 1 heterocycles. The molecule has 2 nitrogen and oxygen atoms in total. The summed E-state index contributed by atoms with van der Waals surface area (Å²) in [6.07, 6.45) is 6.14. The Morgan fingerprint density at radius 2 is 2.27 bits per heavy atom. The van der Waals surface area contributed by atoms with E-state index in [0.29, 0.717) is 0 Å². The Balaban J connectivity index is 1.93. The number of hydrogen-bond acceptors (Lipinski definition) is 4. The zero-order chi connectivity index (χ0) is 10.9. The minimum Gasteiger partial charge on any atom is -0.310 e. The molecule has 1 N–H and O–H groups in total. The van der Waals surface area contributed by atoms with Crippen molar-refractivity contribution in [3.05, 3.63) is 16.1 Å². The molecule has 0 radical (unpaired) electrons. The first-order valence-corrected chi connectivity index (χ1v) is 7.71. The number of thioether (sulfide) groups is 1. The van der Waals surface area contributed by atoms with Crippen LogP contribution < -0.4 is 5.32 Å². The quantitative estimate of drug-likeness (QED) is 0.711. The Morgan fingerprint density at radius 1 is 1.40 bits per heavy atom. The third-order valence-corrected chi connectivity index (χ3v) is 3.81. The fourth-order valence-electron chi connectivity index (χ4n) is 1.35. The van der Waals surface area contributed by atoms with Crippen molar-refractivity contribution < 1.29 is 0 Å². The molecular formula is C11H20N2S2. The van der Waals surface area contributed by atoms with Crippen molar-refractivity contribution in [1.29, 1.82) is 0 Å². The highest BCUT2D eigenvalue weighted by molar-refractivity contribution is 7.98. The van der Waals surface area contributed by atoms with E-state index in [1.807, 2.05) is 18.7 Å². The average molecular weight is 244 g/mol. The number of unbranched alkanes of at least 4 members (excludes halogenated alkanes) is 2. The molecule has 15 heavy (non-hydrogen) atoms. The third kappa shape index (κ3) is 6.17. The molecule has 1 rings (SSSR count). The van der Waals surface area contributed by atoms with Gasteiger partial charge in [-0.05, 0) is 38.3 Å². The number of nitrogens with one attached hydrogen (secondary N) is 1. The van der Waals surface area contributed by atoms with Crippen LogP contribution >= 0.6 is 23.1 Å². The zero-order valence-corrected chi connectivity index (χ0v) is 11.2. The first-order chi connectivity index (χ1) is 7.33. The van der Waals surface area contributed by atoms with Crippen molar-refractivity contribution in [2.75, 3.05) is 18.6 Å². The van der Waals surface area contributed by atoms with Gasteiger partial charge in [-0.1, -0.05) is 6.42 Å². The standard InChI is InChI=1S/C11H20N2S2/c1-10-9-15-11(13-10)8-12-6-4-3-5-7-14-2/h9,12H,3-8H2,1-2H3. The summed E-state index contributed by atoms with van der Waals surface area (Å²) in [5.41, 5.74) is 1.14. The SMILES string of the molecule is CSCCCCCNCc1nc(C)cs1. The van der Waals surface area contributed by atoms with Crippen LogP contribution in [0.4, 0.5) is 0 Å². The number of nitrogens with zero attached hydrogens (tertiary/aromatic N) is 1. The molecule has 0 fully saturated rings. The summed E-state index contributed by atoms with van der Waals surface area (Å²) < 4.78 is 0. The largest absolute Gasteiger partial charge is 0.310 e. The van der Waals surface area contributed by atoms with Crippen LogP contribution in [0.5, 0.6) is 0 Å². The van der Waals surface area contributed by atoms with Crippen LogP contribution in [0.2, 0.25) is 0 Å². The fourth-order valence-corrected chi connectivity index (χ4v) is 2.59. The fraction of sp³-hybridized carbons (Fsp3) is 0.727. The molecule has 0 aliphatic carbocycles. The van der Waals surface area contributed by atoms with E-state index in [1.54, 1.807) is 11.3 Å². The van der Waals surface area contributed by atoms with Gasteiger partial charge in [0.1, 0.15) is 5.01 Å². The van der Waals surface area contributed by atoms with Crippen LogP contribution in [0.3, 0.4) is 0 Å². The summed E-state index contributed by atoms with van der Waals surface area (Å²) >= 11 is 3.68. The predicted octanol–water partition coefficient (Wildman–Crippen LogP) is 3.07. The molecule has 0 unspecified atom stereocenters. The Labute approximate surface area is 101 Å². The van der Waals surface area contributed by atoms with Crippen molar-refractivity contribution in [2.24, 2.45) is 0 Å². The molecule has 0 aliphatic heterocycles. The molecule has 0 spiro atoms. The minimum atomic E-state index is 0.932. The van der Waals surface area contributed by atoms with E-state index in [1.165, 1.54) is 30.0 Å². The molecule has 86 valence electrons. The molecule has 1 aromatic rings. The monoisotopic (exact) mass is 244 g/mol. The van der Waals surface area contributed by atoms with Gasteiger partial charge in [0, 0.05) is 17.6 Å². The van der Waals surface area contributed by atoms with Crippen LogP contribution in [0.15, 0.2) is 5.38 Å². The van der Waals surface area contributed by atoms with Gasteiger partial charge in [0.2, 0.25) is 0 Å².